The molecule has 0 fully saturated rings. The lowest BCUT2D eigenvalue weighted by molar-refractivity contribution is -0.115. The highest BCUT2D eigenvalue weighted by atomic mass is 35.5. The molecule has 4 aromatic rings. The van der Waals surface area contributed by atoms with Crippen LogP contribution in [0.3, 0.4) is 0 Å². The number of hydrogen-bond donors (Lipinski definition) is 0. The van der Waals surface area contributed by atoms with Crippen molar-refractivity contribution in [1.29, 1.82) is 0 Å². The number of thioether (sulfide) groups is 1. The molecular formula is C24H20ClN3O2S. The summed E-state index contributed by atoms with van der Waals surface area (Å²) < 4.78 is 1.56. The number of aryl methyl sites for hydroxylation is 1. The van der Waals surface area contributed by atoms with Crippen molar-refractivity contribution in [2.45, 2.75) is 12.1 Å². The van der Waals surface area contributed by atoms with Gasteiger partial charge in [0, 0.05) is 17.8 Å². The number of amides is 1. The fourth-order valence-corrected chi connectivity index (χ4v) is 4.34. The molecule has 0 unspecified atom stereocenters. The van der Waals surface area contributed by atoms with Crippen LogP contribution in [0, 0.1) is 6.92 Å². The molecule has 0 atom stereocenters. The molecule has 156 valence electrons. The van der Waals surface area contributed by atoms with Crippen molar-refractivity contribution < 1.29 is 4.79 Å². The highest BCUT2D eigenvalue weighted by molar-refractivity contribution is 7.99. The third-order valence-corrected chi connectivity index (χ3v) is 6.06. The summed E-state index contributed by atoms with van der Waals surface area (Å²) in [5, 5.41) is 1.42. The van der Waals surface area contributed by atoms with Gasteiger partial charge in [-0.3, -0.25) is 14.2 Å². The van der Waals surface area contributed by atoms with Crippen LogP contribution in [0.2, 0.25) is 5.02 Å². The zero-order valence-corrected chi connectivity index (χ0v) is 18.7. The Morgan fingerprint density at radius 1 is 1.06 bits per heavy atom. The van der Waals surface area contributed by atoms with E-state index in [1.165, 1.54) is 11.8 Å². The first-order valence-electron chi connectivity index (χ1n) is 9.68. The summed E-state index contributed by atoms with van der Waals surface area (Å²) in [6.45, 7) is 1.97. The number of fused-ring (bicyclic) bond motifs is 1. The standard InChI is InChI=1S/C24H20ClN3O2S/c1-16-7-6-10-19(13-16)28-23(30)20-12-11-17(25)14-21(20)26-24(28)31-15-22(29)27(2)18-8-4-3-5-9-18/h3-14H,15H2,1-2H3. The van der Waals surface area contributed by atoms with Crippen LogP contribution in [0.4, 0.5) is 5.69 Å². The van der Waals surface area contributed by atoms with Crippen molar-refractivity contribution >= 4 is 45.9 Å². The van der Waals surface area contributed by atoms with Crippen molar-refractivity contribution in [2.75, 3.05) is 17.7 Å². The Kier molecular flexibility index (Phi) is 6.11. The van der Waals surface area contributed by atoms with Crippen LogP contribution < -0.4 is 10.5 Å². The van der Waals surface area contributed by atoms with Crippen LogP contribution in [0.15, 0.2) is 82.7 Å². The Morgan fingerprint density at radius 2 is 1.84 bits per heavy atom. The second-order valence-corrected chi connectivity index (χ2v) is 8.49. The minimum atomic E-state index is -0.196. The van der Waals surface area contributed by atoms with E-state index in [4.69, 9.17) is 11.6 Å². The predicted molar refractivity (Wildman–Crippen MR) is 128 cm³/mol. The number of benzene rings is 3. The predicted octanol–water partition coefficient (Wildman–Crippen LogP) is 5.10. The zero-order chi connectivity index (χ0) is 22.0. The first kappa shape index (κ1) is 21.2. The van der Waals surface area contributed by atoms with E-state index in [2.05, 4.69) is 4.98 Å². The molecule has 4 rings (SSSR count). The maximum Gasteiger partial charge on any atom is 0.266 e. The van der Waals surface area contributed by atoms with Crippen LogP contribution in [-0.4, -0.2) is 28.3 Å². The van der Waals surface area contributed by atoms with Gasteiger partial charge in [0.2, 0.25) is 5.91 Å². The van der Waals surface area contributed by atoms with E-state index in [1.54, 1.807) is 34.7 Å². The number of rotatable bonds is 5. The third kappa shape index (κ3) is 4.50. The Bertz CT molecular complexity index is 1320. The van der Waals surface area contributed by atoms with Gasteiger partial charge in [-0.05, 0) is 55.0 Å². The molecule has 0 saturated heterocycles. The highest BCUT2D eigenvalue weighted by Crippen LogP contribution is 2.24. The number of aromatic nitrogens is 2. The summed E-state index contributed by atoms with van der Waals surface area (Å²) >= 11 is 7.35. The van der Waals surface area contributed by atoms with Gasteiger partial charge in [-0.2, -0.15) is 0 Å². The van der Waals surface area contributed by atoms with E-state index in [9.17, 15) is 9.59 Å². The Morgan fingerprint density at radius 3 is 2.58 bits per heavy atom. The summed E-state index contributed by atoms with van der Waals surface area (Å²) in [6, 6.07) is 22.1. The Labute approximate surface area is 189 Å². The second kappa shape index (κ2) is 8.96. The number of carbonyl (C=O) groups is 1. The lowest BCUT2D eigenvalue weighted by atomic mass is 10.2. The van der Waals surface area contributed by atoms with E-state index in [1.807, 2.05) is 61.5 Å². The maximum atomic E-state index is 13.3. The number of halogens is 1. The van der Waals surface area contributed by atoms with Gasteiger partial charge in [-0.1, -0.05) is 53.7 Å². The fourth-order valence-electron chi connectivity index (χ4n) is 3.25. The SMILES string of the molecule is Cc1cccc(-n2c(SCC(=O)N(C)c3ccccc3)nc3cc(Cl)ccc3c2=O)c1. The van der Waals surface area contributed by atoms with Gasteiger partial charge in [0.1, 0.15) is 0 Å². The first-order valence-corrected chi connectivity index (χ1v) is 11.0. The highest BCUT2D eigenvalue weighted by Gasteiger charge is 2.17. The molecule has 0 bridgehead atoms. The normalized spacial score (nSPS) is 10.9. The summed E-state index contributed by atoms with van der Waals surface area (Å²) in [6.07, 6.45) is 0. The van der Waals surface area contributed by atoms with Gasteiger partial charge in [0.15, 0.2) is 5.16 Å². The minimum Gasteiger partial charge on any atom is -0.315 e. The molecule has 0 radical (unpaired) electrons. The van der Waals surface area contributed by atoms with Crippen LogP contribution in [0.5, 0.6) is 0 Å². The second-order valence-electron chi connectivity index (χ2n) is 7.11. The molecular weight excluding hydrogens is 430 g/mol. The average Bonchev–Trinajstić information content (AvgIpc) is 2.77. The first-order chi connectivity index (χ1) is 14.9. The molecule has 0 saturated carbocycles. The van der Waals surface area contributed by atoms with Crippen LogP contribution in [-0.2, 0) is 4.79 Å². The fraction of sp³-hybridized carbons (Fsp3) is 0.125. The van der Waals surface area contributed by atoms with Crippen molar-refractivity contribution in [1.82, 2.24) is 9.55 Å². The summed E-state index contributed by atoms with van der Waals surface area (Å²) in [5.74, 6) is 0.0443. The van der Waals surface area contributed by atoms with E-state index >= 15 is 0 Å². The maximum absolute atomic E-state index is 13.3. The van der Waals surface area contributed by atoms with Crippen molar-refractivity contribution in [3.63, 3.8) is 0 Å². The summed E-state index contributed by atoms with van der Waals surface area (Å²) in [4.78, 5) is 32.4. The minimum absolute atomic E-state index is 0.0903. The number of nitrogens with zero attached hydrogens (tertiary/aromatic N) is 3. The quantitative estimate of drug-likeness (QED) is 0.314. The van der Waals surface area contributed by atoms with Gasteiger partial charge in [-0.25, -0.2) is 4.98 Å². The summed E-state index contributed by atoms with van der Waals surface area (Å²) in [5.41, 5.74) is 2.85. The topological polar surface area (TPSA) is 55.2 Å². The monoisotopic (exact) mass is 449 g/mol. The van der Waals surface area contributed by atoms with Gasteiger partial charge < -0.3 is 4.90 Å². The van der Waals surface area contributed by atoms with Crippen molar-refractivity contribution in [3.05, 3.63) is 93.7 Å². The van der Waals surface area contributed by atoms with Crippen molar-refractivity contribution in [3.8, 4) is 5.69 Å². The van der Waals surface area contributed by atoms with E-state index < -0.39 is 0 Å². The number of carbonyl (C=O) groups excluding carboxylic acids is 1. The van der Waals surface area contributed by atoms with Crippen LogP contribution in [0.1, 0.15) is 5.56 Å². The average molecular weight is 450 g/mol. The van der Waals surface area contributed by atoms with Gasteiger partial charge >= 0.3 is 0 Å². The molecule has 1 amide bonds. The van der Waals surface area contributed by atoms with E-state index in [-0.39, 0.29) is 17.2 Å². The Hall–Kier alpha value is -3.09. The van der Waals surface area contributed by atoms with Crippen molar-refractivity contribution in [2.24, 2.45) is 0 Å². The van der Waals surface area contributed by atoms with E-state index in [0.717, 1.165) is 11.3 Å². The van der Waals surface area contributed by atoms with Gasteiger partial charge in [0.05, 0.1) is 22.3 Å². The molecule has 7 heteroatoms. The molecule has 3 aromatic carbocycles. The Balaban J connectivity index is 1.74. The lowest BCUT2D eigenvalue weighted by Crippen LogP contribution is -2.28. The third-order valence-electron chi connectivity index (χ3n) is 4.90. The lowest BCUT2D eigenvalue weighted by Gasteiger charge is -2.18. The van der Waals surface area contributed by atoms with Crippen LogP contribution in [0.25, 0.3) is 16.6 Å². The molecule has 0 aliphatic carbocycles. The molecule has 1 heterocycles. The molecule has 0 spiro atoms. The van der Waals surface area contributed by atoms with Gasteiger partial charge in [0.25, 0.3) is 5.56 Å². The molecule has 0 aliphatic heterocycles. The molecule has 0 aliphatic rings. The zero-order valence-electron chi connectivity index (χ0n) is 17.1. The molecule has 1 aromatic heterocycles. The molecule has 5 nitrogen and oxygen atoms in total. The van der Waals surface area contributed by atoms with Gasteiger partial charge in [-0.15, -0.1) is 0 Å². The molecule has 0 N–H and O–H groups in total. The van der Waals surface area contributed by atoms with Crippen LogP contribution >= 0.6 is 23.4 Å². The number of para-hydroxylation sites is 1. The summed E-state index contributed by atoms with van der Waals surface area (Å²) in [7, 11) is 1.74. The smallest absolute Gasteiger partial charge is 0.266 e. The van der Waals surface area contributed by atoms with E-state index in [0.29, 0.717) is 26.8 Å². The number of hydrogen-bond acceptors (Lipinski definition) is 4. The molecule has 31 heavy (non-hydrogen) atoms. The number of anilines is 1. The largest absolute Gasteiger partial charge is 0.315 e.